The predicted octanol–water partition coefficient (Wildman–Crippen LogP) is 1.43. The smallest absolute Gasteiger partial charge is 0.407 e. The second kappa shape index (κ2) is 7.43. The lowest BCUT2D eigenvalue weighted by atomic mass is 10.0. The molecule has 2 rings (SSSR count). The number of carbonyl (C=O) groups is 2. The van der Waals surface area contributed by atoms with Crippen LogP contribution in [0.1, 0.15) is 18.5 Å². The normalized spacial score (nSPS) is 20.1. The van der Waals surface area contributed by atoms with Crippen LogP contribution < -0.4 is 0 Å². The standard InChI is InChI=1S/C16H23N3O4/c1-12-11-18(9-10-19(12)16(21)22)14(15(20)17(2)23-3)13-7-5-4-6-8-13/h4-8,12,14H,9-11H2,1-3H3,(H,21,22)/t12-,14-/m1/s1. The van der Waals surface area contributed by atoms with Crippen LogP contribution in [0.15, 0.2) is 30.3 Å². The van der Waals surface area contributed by atoms with Crippen LogP contribution in [0.2, 0.25) is 0 Å². The summed E-state index contributed by atoms with van der Waals surface area (Å²) in [5, 5.41) is 10.4. The van der Waals surface area contributed by atoms with E-state index in [1.165, 1.54) is 17.1 Å². The molecule has 2 atom stereocenters. The number of nitrogens with zero attached hydrogens (tertiary/aromatic N) is 3. The average molecular weight is 321 g/mol. The van der Waals surface area contributed by atoms with Gasteiger partial charge >= 0.3 is 6.09 Å². The molecule has 2 amide bonds. The summed E-state index contributed by atoms with van der Waals surface area (Å²) < 4.78 is 0. The molecule has 1 aliphatic rings. The van der Waals surface area contributed by atoms with E-state index < -0.39 is 12.1 Å². The molecular weight excluding hydrogens is 298 g/mol. The molecule has 1 N–H and O–H groups in total. The third-order valence-electron chi connectivity index (χ3n) is 4.20. The Balaban J connectivity index is 2.25. The lowest BCUT2D eigenvalue weighted by molar-refractivity contribution is -0.176. The van der Waals surface area contributed by atoms with Crippen LogP contribution in [0.25, 0.3) is 0 Å². The summed E-state index contributed by atoms with van der Waals surface area (Å²) >= 11 is 0. The Morgan fingerprint density at radius 2 is 1.96 bits per heavy atom. The van der Waals surface area contributed by atoms with Gasteiger partial charge < -0.3 is 10.0 Å². The van der Waals surface area contributed by atoms with Crippen LogP contribution in [-0.2, 0) is 9.63 Å². The van der Waals surface area contributed by atoms with Crippen LogP contribution in [-0.4, -0.2) is 71.8 Å². The molecule has 0 saturated carbocycles. The van der Waals surface area contributed by atoms with Gasteiger partial charge in [-0.25, -0.2) is 9.86 Å². The third kappa shape index (κ3) is 3.80. The van der Waals surface area contributed by atoms with Gasteiger partial charge in [0.1, 0.15) is 6.04 Å². The van der Waals surface area contributed by atoms with Gasteiger partial charge in [0.25, 0.3) is 5.91 Å². The molecule has 0 bridgehead atoms. The molecule has 126 valence electrons. The van der Waals surface area contributed by atoms with E-state index in [0.29, 0.717) is 19.6 Å². The van der Waals surface area contributed by atoms with E-state index in [2.05, 4.69) is 0 Å². The largest absolute Gasteiger partial charge is 0.465 e. The first-order valence-corrected chi connectivity index (χ1v) is 7.56. The molecule has 1 aliphatic heterocycles. The molecule has 1 saturated heterocycles. The van der Waals surface area contributed by atoms with Crippen molar-refractivity contribution in [1.29, 1.82) is 0 Å². The van der Waals surface area contributed by atoms with Crippen LogP contribution >= 0.6 is 0 Å². The number of rotatable bonds is 4. The Labute approximate surface area is 136 Å². The molecule has 1 aromatic rings. The van der Waals surface area contributed by atoms with Crippen molar-refractivity contribution in [2.75, 3.05) is 33.8 Å². The summed E-state index contributed by atoms with van der Waals surface area (Å²) in [4.78, 5) is 32.4. The fourth-order valence-corrected chi connectivity index (χ4v) is 2.91. The molecule has 0 unspecified atom stereocenters. The predicted molar refractivity (Wildman–Crippen MR) is 84.7 cm³/mol. The first kappa shape index (κ1) is 17.2. The molecule has 0 aliphatic carbocycles. The molecule has 1 aromatic carbocycles. The van der Waals surface area contributed by atoms with Crippen molar-refractivity contribution in [2.24, 2.45) is 0 Å². The van der Waals surface area contributed by atoms with Gasteiger partial charge in [-0.05, 0) is 12.5 Å². The van der Waals surface area contributed by atoms with Crippen molar-refractivity contribution in [3.63, 3.8) is 0 Å². The Bertz CT molecular complexity index is 552. The maximum absolute atomic E-state index is 12.7. The number of hydrogen-bond acceptors (Lipinski definition) is 4. The quantitative estimate of drug-likeness (QED) is 0.849. The van der Waals surface area contributed by atoms with E-state index in [4.69, 9.17) is 4.84 Å². The number of hydroxylamine groups is 2. The molecule has 7 heteroatoms. The van der Waals surface area contributed by atoms with Gasteiger partial charge in [0, 0.05) is 32.7 Å². The van der Waals surface area contributed by atoms with E-state index in [1.54, 1.807) is 7.05 Å². The summed E-state index contributed by atoms with van der Waals surface area (Å²) in [6.07, 6.45) is -0.922. The summed E-state index contributed by atoms with van der Waals surface area (Å²) in [5.41, 5.74) is 0.873. The summed E-state index contributed by atoms with van der Waals surface area (Å²) in [7, 11) is 3.03. The number of carbonyl (C=O) groups excluding carboxylic acids is 1. The number of amides is 2. The number of piperazine rings is 1. The van der Waals surface area contributed by atoms with Crippen LogP contribution in [0.3, 0.4) is 0 Å². The first-order valence-electron chi connectivity index (χ1n) is 7.56. The Morgan fingerprint density at radius 3 is 2.48 bits per heavy atom. The summed E-state index contributed by atoms with van der Waals surface area (Å²) in [5.74, 6) is -0.172. The highest BCUT2D eigenvalue weighted by Crippen LogP contribution is 2.26. The minimum absolute atomic E-state index is 0.172. The highest BCUT2D eigenvalue weighted by atomic mass is 16.7. The van der Waals surface area contributed by atoms with Crippen molar-refractivity contribution < 1.29 is 19.5 Å². The van der Waals surface area contributed by atoms with Crippen molar-refractivity contribution in [2.45, 2.75) is 19.0 Å². The van der Waals surface area contributed by atoms with Gasteiger partial charge in [0.15, 0.2) is 0 Å². The number of benzene rings is 1. The molecule has 0 radical (unpaired) electrons. The van der Waals surface area contributed by atoms with Gasteiger partial charge in [-0.3, -0.25) is 14.5 Å². The second-order valence-corrected chi connectivity index (χ2v) is 5.65. The SMILES string of the molecule is CON(C)C(=O)[C@@H](c1ccccc1)N1CCN(C(=O)O)[C@H](C)C1. The number of likely N-dealkylation sites (N-methyl/N-ethyl adjacent to an activating group) is 1. The van der Waals surface area contributed by atoms with E-state index in [0.717, 1.165) is 5.56 Å². The van der Waals surface area contributed by atoms with Gasteiger partial charge in [0.05, 0.1) is 7.11 Å². The van der Waals surface area contributed by atoms with Crippen LogP contribution in [0.4, 0.5) is 4.79 Å². The Kier molecular flexibility index (Phi) is 5.57. The number of hydrogen-bond donors (Lipinski definition) is 1. The topological polar surface area (TPSA) is 73.3 Å². The molecule has 7 nitrogen and oxygen atoms in total. The maximum atomic E-state index is 12.7. The van der Waals surface area contributed by atoms with Gasteiger partial charge in [-0.1, -0.05) is 30.3 Å². The molecule has 1 fully saturated rings. The minimum atomic E-state index is -0.922. The third-order valence-corrected chi connectivity index (χ3v) is 4.20. The van der Waals surface area contributed by atoms with Crippen LogP contribution in [0, 0.1) is 0 Å². The number of carboxylic acid groups (broad SMARTS) is 1. The minimum Gasteiger partial charge on any atom is -0.465 e. The van der Waals surface area contributed by atoms with Crippen molar-refractivity contribution >= 4 is 12.0 Å². The molecule has 0 spiro atoms. The van der Waals surface area contributed by atoms with Gasteiger partial charge in [0.2, 0.25) is 0 Å². The second-order valence-electron chi connectivity index (χ2n) is 5.65. The molecule has 23 heavy (non-hydrogen) atoms. The average Bonchev–Trinajstić information content (AvgIpc) is 2.55. The van der Waals surface area contributed by atoms with Crippen molar-refractivity contribution in [1.82, 2.24) is 14.9 Å². The molecule has 0 aromatic heterocycles. The first-order chi connectivity index (χ1) is 11.0. The van der Waals surface area contributed by atoms with Crippen molar-refractivity contribution in [3.05, 3.63) is 35.9 Å². The zero-order valence-corrected chi connectivity index (χ0v) is 13.7. The Hall–Kier alpha value is -2.12. The molecular formula is C16H23N3O4. The van der Waals surface area contributed by atoms with Crippen molar-refractivity contribution in [3.8, 4) is 0 Å². The van der Waals surface area contributed by atoms with Gasteiger partial charge in [-0.2, -0.15) is 0 Å². The zero-order chi connectivity index (χ0) is 17.0. The maximum Gasteiger partial charge on any atom is 0.407 e. The van der Waals surface area contributed by atoms with E-state index in [1.807, 2.05) is 42.2 Å². The van der Waals surface area contributed by atoms with Gasteiger partial charge in [-0.15, -0.1) is 0 Å². The highest BCUT2D eigenvalue weighted by molar-refractivity contribution is 5.82. The zero-order valence-electron chi connectivity index (χ0n) is 13.7. The summed E-state index contributed by atoms with van der Waals surface area (Å²) in [6, 6.07) is 8.82. The van der Waals surface area contributed by atoms with E-state index >= 15 is 0 Å². The van der Waals surface area contributed by atoms with Crippen LogP contribution in [0.5, 0.6) is 0 Å². The Morgan fingerprint density at radius 1 is 1.30 bits per heavy atom. The monoisotopic (exact) mass is 321 g/mol. The van der Waals surface area contributed by atoms with E-state index in [-0.39, 0.29) is 11.9 Å². The lowest BCUT2D eigenvalue weighted by Crippen LogP contribution is -2.56. The fourth-order valence-electron chi connectivity index (χ4n) is 2.91. The highest BCUT2D eigenvalue weighted by Gasteiger charge is 2.36. The molecule has 1 heterocycles. The fraction of sp³-hybridized carbons (Fsp3) is 0.500. The lowest BCUT2D eigenvalue weighted by Gasteiger charge is -2.42. The summed E-state index contributed by atoms with van der Waals surface area (Å²) in [6.45, 7) is 3.23. The van der Waals surface area contributed by atoms with E-state index in [9.17, 15) is 14.7 Å².